The molecule has 0 aliphatic carbocycles. The first kappa shape index (κ1) is 13.2. The van der Waals surface area contributed by atoms with Gasteiger partial charge in [-0.2, -0.15) is 0 Å². The second-order valence-corrected chi connectivity index (χ2v) is 4.01. The van der Waals surface area contributed by atoms with Crippen molar-refractivity contribution in [2.24, 2.45) is 5.73 Å². The number of hydrogen-bond donors (Lipinski definition) is 2. The molecule has 4 nitrogen and oxygen atoms in total. The first-order valence-corrected chi connectivity index (χ1v) is 5.70. The standard InChI is InChI=1S/C10H13Cl2N3O/c11-8-5-7(6-15-9(8)12)10(16)14-4-2-1-3-13/h5-6H,1-4,13H2,(H,14,16). The quantitative estimate of drug-likeness (QED) is 0.628. The largest absolute Gasteiger partial charge is 0.352 e. The molecule has 16 heavy (non-hydrogen) atoms. The fraction of sp³-hybridized carbons (Fsp3) is 0.400. The number of unbranched alkanes of at least 4 members (excludes halogenated alkanes) is 1. The number of pyridine rings is 1. The molecule has 0 aromatic carbocycles. The molecule has 0 radical (unpaired) electrons. The Labute approximate surface area is 104 Å². The zero-order valence-electron chi connectivity index (χ0n) is 8.67. The maximum Gasteiger partial charge on any atom is 0.252 e. The molecule has 1 aromatic heterocycles. The average Bonchev–Trinajstić information content (AvgIpc) is 2.28. The Balaban J connectivity index is 2.50. The number of nitrogens with two attached hydrogens (primary N) is 1. The molecule has 0 aliphatic heterocycles. The third kappa shape index (κ3) is 3.96. The minimum atomic E-state index is -0.205. The highest BCUT2D eigenvalue weighted by Gasteiger charge is 2.07. The van der Waals surface area contributed by atoms with Gasteiger partial charge in [0, 0.05) is 12.7 Å². The van der Waals surface area contributed by atoms with E-state index in [0.717, 1.165) is 12.8 Å². The molecule has 6 heteroatoms. The number of nitrogens with zero attached hydrogens (tertiary/aromatic N) is 1. The monoisotopic (exact) mass is 261 g/mol. The van der Waals surface area contributed by atoms with Gasteiger partial charge in [-0.15, -0.1) is 0 Å². The molecule has 88 valence electrons. The molecular formula is C10H13Cl2N3O. The van der Waals surface area contributed by atoms with Gasteiger partial charge < -0.3 is 11.1 Å². The van der Waals surface area contributed by atoms with Crippen molar-refractivity contribution in [2.75, 3.05) is 13.1 Å². The highest BCUT2D eigenvalue weighted by atomic mass is 35.5. The molecule has 1 heterocycles. The summed E-state index contributed by atoms with van der Waals surface area (Å²) in [5.41, 5.74) is 5.74. The van der Waals surface area contributed by atoms with Crippen LogP contribution in [0.25, 0.3) is 0 Å². The molecule has 0 aliphatic rings. The van der Waals surface area contributed by atoms with Gasteiger partial charge in [0.2, 0.25) is 0 Å². The van der Waals surface area contributed by atoms with Crippen LogP contribution in [0, 0.1) is 0 Å². The van der Waals surface area contributed by atoms with E-state index in [1.54, 1.807) is 0 Å². The molecule has 0 fully saturated rings. The molecule has 1 aromatic rings. The minimum Gasteiger partial charge on any atom is -0.352 e. The van der Waals surface area contributed by atoms with Gasteiger partial charge in [-0.05, 0) is 25.5 Å². The van der Waals surface area contributed by atoms with Crippen LogP contribution in [-0.4, -0.2) is 24.0 Å². The van der Waals surface area contributed by atoms with Crippen LogP contribution >= 0.6 is 23.2 Å². The first-order valence-electron chi connectivity index (χ1n) is 4.94. The molecule has 1 rings (SSSR count). The van der Waals surface area contributed by atoms with Crippen molar-refractivity contribution in [1.29, 1.82) is 0 Å². The van der Waals surface area contributed by atoms with Gasteiger partial charge >= 0.3 is 0 Å². The summed E-state index contributed by atoms with van der Waals surface area (Å²) in [6.45, 7) is 1.22. The number of amides is 1. The topological polar surface area (TPSA) is 68.0 Å². The summed E-state index contributed by atoms with van der Waals surface area (Å²) in [4.78, 5) is 15.4. The van der Waals surface area contributed by atoms with Crippen molar-refractivity contribution >= 4 is 29.1 Å². The van der Waals surface area contributed by atoms with Crippen LogP contribution in [0.1, 0.15) is 23.2 Å². The van der Waals surface area contributed by atoms with Crippen molar-refractivity contribution in [1.82, 2.24) is 10.3 Å². The normalized spacial score (nSPS) is 10.2. The van der Waals surface area contributed by atoms with Crippen molar-refractivity contribution in [2.45, 2.75) is 12.8 Å². The van der Waals surface area contributed by atoms with E-state index in [1.807, 2.05) is 0 Å². The molecule has 0 saturated carbocycles. The maximum absolute atomic E-state index is 11.6. The Bertz CT molecular complexity index is 371. The lowest BCUT2D eigenvalue weighted by Gasteiger charge is -2.04. The molecular weight excluding hydrogens is 249 g/mol. The van der Waals surface area contributed by atoms with Crippen LogP contribution in [-0.2, 0) is 0 Å². The van der Waals surface area contributed by atoms with E-state index in [1.165, 1.54) is 12.3 Å². The number of halogens is 2. The van der Waals surface area contributed by atoms with Crippen LogP contribution in [0.3, 0.4) is 0 Å². The lowest BCUT2D eigenvalue weighted by Crippen LogP contribution is -2.25. The fourth-order valence-electron chi connectivity index (χ4n) is 1.12. The SMILES string of the molecule is NCCCCNC(=O)c1cnc(Cl)c(Cl)c1. The van der Waals surface area contributed by atoms with Crippen molar-refractivity contribution in [3.63, 3.8) is 0 Å². The van der Waals surface area contributed by atoms with Crippen LogP contribution in [0.4, 0.5) is 0 Å². The van der Waals surface area contributed by atoms with Crippen molar-refractivity contribution in [3.05, 3.63) is 28.0 Å². The molecule has 0 saturated heterocycles. The highest BCUT2D eigenvalue weighted by Crippen LogP contribution is 2.19. The number of aromatic nitrogens is 1. The van der Waals surface area contributed by atoms with Crippen LogP contribution in [0.15, 0.2) is 12.3 Å². The molecule has 0 atom stereocenters. The third-order valence-corrected chi connectivity index (χ3v) is 2.66. The van der Waals surface area contributed by atoms with E-state index in [2.05, 4.69) is 10.3 Å². The predicted molar refractivity (Wildman–Crippen MR) is 64.9 cm³/mol. The van der Waals surface area contributed by atoms with E-state index < -0.39 is 0 Å². The lowest BCUT2D eigenvalue weighted by molar-refractivity contribution is 0.0952. The number of rotatable bonds is 5. The summed E-state index contributed by atoms with van der Waals surface area (Å²) in [7, 11) is 0. The fourth-order valence-corrected chi connectivity index (χ4v) is 1.39. The van der Waals surface area contributed by atoms with Gasteiger partial charge in [0.05, 0.1) is 10.6 Å². The molecule has 0 spiro atoms. The van der Waals surface area contributed by atoms with E-state index in [0.29, 0.717) is 18.7 Å². The number of nitrogens with one attached hydrogen (secondary N) is 1. The Hall–Kier alpha value is -0.840. The predicted octanol–water partition coefficient (Wildman–Crippen LogP) is 1.86. The molecule has 1 amide bonds. The highest BCUT2D eigenvalue weighted by molar-refractivity contribution is 6.41. The van der Waals surface area contributed by atoms with Gasteiger partial charge in [-0.25, -0.2) is 4.98 Å². The minimum absolute atomic E-state index is 0.196. The second kappa shape index (κ2) is 6.68. The van der Waals surface area contributed by atoms with E-state index in [-0.39, 0.29) is 16.1 Å². The van der Waals surface area contributed by atoms with Crippen LogP contribution in [0.2, 0.25) is 10.2 Å². The maximum atomic E-state index is 11.6. The second-order valence-electron chi connectivity index (χ2n) is 3.25. The van der Waals surface area contributed by atoms with Gasteiger partial charge in [-0.1, -0.05) is 23.2 Å². The summed E-state index contributed by atoms with van der Waals surface area (Å²) in [5, 5.41) is 3.21. The zero-order chi connectivity index (χ0) is 12.0. The Morgan fingerprint density at radius 1 is 1.44 bits per heavy atom. The Morgan fingerprint density at radius 3 is 2.81 bits per heavy atom. The Morgan fingerprint density at radius 2 is 2.19 bits per heavy atom. The van der Waals surface area contributed by atoms with Gasteiger partial charge in [0.15, 0.2) is 0 Å². The molecule has 0 bridgehead atoms. The smallest absolute Gasteiger partial charge is 0.252 e. The third-order valence-electron chi connectivity index (χ3n) is 1.97. The van der Waals surface area contributed by atoms with Crippen LogP contribution < -0.4 is 11.1 Å². The first-order chi connectivity index (χ1) is 7.65. The zero-order valence-corrected chi connectivity index (χ0v) is 10.2. The lowest BCUT2D eigenvalue weighted by atomic mass is 10.2. The van der Waals surface area contributed by atoms with Crippen molar-refractivity contribution < 1.29 is 4.79 Å². The van der Waals surface area contributed by atoms with E-state index in [9.17, 15) is 4.79 Å². The van der Waals surface area contributed by atoms with Gasteiger partial charge in [-0.3, -0.25) is 4.79 Å². The number of hydrogen-bond acceptors (Lipinski definition) is 3. The van der Waals surface area contributed by atoms with Gasteiger partial charge in [0.25, 0.3) is 5.91 Å². The number of carbonyl (C=O) groups excluding carboxylic acids is 1. The summed E-state index contributed by atoms with van der Waals surface area (Å²) < 4.78 is 0. The molecule has 3 N–H and O–H groups in total. The summed E-state index contributed by atoms with van der Waals surface area (Å²) in [6.07, 6.45) is 3.14. The van der Waals surface area contributed by atoms with Crippen molar-refractivity contribution in [3.8, 4) is 0 Å². The van der Waals surface area contributed by atoms with E-state index in [4.69, 9.17) is 28.9 Å². The summed E-state index contributed by atoms with van der Waals surface area (Å²) >= 11 is 11.4. The van der Waals surface area contributed by atoms with Crippen LogP contribution in [0.5, 0.6) is 0 Å². The number of carbonyl (C=O) groups is 1. The summed E-state index contributed by atoms with van der Waals surface area (Å²) in [5.74, 6) is -0.205. The average molecular weight is 262 g/mol. The Kier molecular flexibility index (Phi) is 5.52. The molecule has 0 unspecified atom stereocenters. The van der Waals surface area contributed by atoms with E-state index >= 15 is 0 Å². The van der Waals surface area contributed by atoms with Gasteiger partial charge in [0.1, 0.15) is 5.15 Å². The summed E-state index contributed by atoms with van der Waals surface area (Å²) in [6, 6.07) is 1.50.